The van der Waals surface area contributed by atoms with E-state index in [2.05, 4.69) is 16.3 Å². The monoisotopic (exact) mass is 344 g/mol. The van der Waals surface area contributed by atoms with E-state index in [0.717, 1.165) is 27.9 Å². The number of hydrogen-bond acceptors (Lipinski definition) is 3. The first-order valence-corrected chi connectivity index (χ1v) is 8.83. The molecule has 1 aliphatic rings. The number of benzene rings is 1. The minimum Gasteiger partial charge on any atom is -0.495 e. The number of aryl methyl sites for hydroxylation is 1. The van der Waals surface area contributed by atoms with Gasteiger partial charge in [0.15, 0.2) is 5.11 Å². The molecule has 5 heteroatoms. The van der Waals surface area contributed by atoms with Crippen LogP contribution in [0.5, 0.6) is 5.75 Å². The molecule has 1 heterocycles. The first kappa shape index (κ1) is 16.8. The van der Waals surface area contributed by atoms with Gasteiger partial charge in [0.2, 0.25) is 0 Å². The average Bonchev–Trinajstić information content (AvgIpc) is 3.27. The summed E-state index contributed by atoms with van der Waals surface area (Å²) in [4.78, 5) is 2.25. The normalized spacial score (nSPS) is 14.6. The maximum absolute atomic E-state index is 5.73. The van der Waals surface area contributed by atoms with Crippen molar-refractivity contribution in [3.8, 4) is 5.75 Å². The van der Waals surface area contributed by atoms with Crippen LogP contribution in [0, 0.1) is 6.92 Å². The maximum atomic E-state index is 5.73. The summed E-state index contributed by atoms with van der Waals surface area (Å²) in [5, 5.41) is 4.09. The van der Waals surface area contributed by atoms with Gasteiger partial charge in [0.25, 0.3) is 0 Å². The Bertz CT molecular complexity index is 679. The molecule has 3 rings (SSSR count). The summed E-state index contributed by atoms with van der Waals surface area (Å²) < 4.78 is 11.0. The maximum Gasteiger partial charge on any atom is 0.174 e. The van der Waals surface area contributed by atoms with E-state index in [1.165, 1.54) is 25.7 Å². The summed E-state index contributed by atoms with van der Waals surface area (Å²) in [7, 11) is 1.68. The summed E-state index contributed by atoms with van der Waals surface area (Å²) >= 11 is 5.73. The van der Waals surface area contributed by atoms with Gasteiger partial charge in [-0.3, -0.25) is 0 Å². The van der Waals surface area contributed by atoms with Crippen LogP contribution in [0.1, 0.15) is 37.0 Å². The van der Waals surface area contributed by atoms with Crippen molar-refractivity contribution in [1.82, 2.24) is 4.90 Å². The van der Waals surface area contributed by atoms with Crippen molar-refractivity contribution in [3.63, 3.8) is 0 Å². The lowest BCUT2D eigenvalue weighted by Gasteiger charge is -2.31. The van der Waals surface area contributed by atoms with Gasteiger partial charge in [-0.05, 0) is 61.8 Å². The SMILES string of the molecule is COc1cc(C)ccc1NC(=S)N(Cc1ccco1)C1CCCC1. The number of hydrogen-bond donors (Lipinski definition) is 1. The van der Waals surface area contributed by atoms with E-state index in [4.69, 9.17) is 21.4 Å². The molecule has 1 fully saturated rings. The van der Waals surface area contributed by atoms with Crippen LogP contribution < -0.4 is 10.1 Å². The Kier molecular flexibility index (Phi) is 5.41. The average molecular weight is 344 g/mol. The molecule has 0 saturated heterocycles. The van der Waals surface area contributed by atoms with Gasteiger partial charge >= 0.3 is 0 Å². The molecule has 0 radical (unpaired) electrons. The van der Waals surface area contributed by atoms with Gasteiger partial charge in [-0.15, -0.1) is 0 Å². The molecular weight excluding hydrogens is 320 g/mol. The molecule has 1 N–H and O–H groups in total. The highest BCUT2D eigenvalue weighted by Crippen LogP contribution is 2.29. The Morgan fingerprint density at radius 2 is 2.12 bits per heavy atom. The van der Waals surface area contributed by atoms with Crippen LogP contribution in [0.4, 0.5) is 5.69 Å². The second-order valence-corrected chi connectivity index (χ2v) is 6.67. The summed E-state index contributed by atoms with van der Waals surface area (Å²) in [6.45, 7) is 2.74. The standard InChI is InChI=1S/C19H24N2O2S/c1-14-9-10-17(18(12-14)22-2)20-19(24)21(15-6-3-4-7-15)13-16-8-5-11-23-16/h5,8-12,15H,3-4,6-7,13H2,1-2H3,(H,20,24). The predicted molar refractivity (Wildman–Crippen MR) is 100 cm³/mol. The smallest absolute Gasteiger partial charge is 0.174 e. The van der Waals surface area contributed by atoms with Crippen molar-refractivity contribution < 1.29 is 9.15 Å². The summed E-state index contributed by atoms with van der Waals surface area (Å²) in [5.41, 5.74) is 2.06. The third-order valence-corrected chi connectivity index (χ3v) is 4.87. The molecule has 2 aromatic rings. The molecule has 4 nitrogen and oxygen atoms in total. The first-order chi connectivity index (χ1) is 11.7. The lowest BCUT2D eigenvalue weighted by Crippen LogP contribution is -2.40. The fourth-order valence-electron chi connectivity index (χ4n) is 3.24. The number of thiocarbonyl (C=S) groups is 1. The second kappa shape index (κ2) is 7.71. The number of ether oxygens (including phenoxy) is 1. The Hall–Kier alpha value is -2.01. The minimum atomic E-state index is 0.464. The van der Waals surface area contributed by atoms with Crippen LogP contribution in [0.2, 0.25) is 0 Å². The fourth-order valence-corrected chi connectivity index (χ4v) is 3.57. The number of nitrogens with one attached hydrogen (secondary N) is 1. The molecule has 24 heavy (non-hydrogen) atoms. The van der Waals surface area contributed by atoms with Gasteiger partial charge < -0.3 is 19.4 Å². The molecule has 0 bridgehead atoms. The molecular formula is C19H24N2O2S. The molecule has 0 spiro atoms. The lowest BCUT2D eigenvalue weighted by atomic mass is 10.2. The highest BCUT2D eigenvalue weighted by molar-refractivity contribution is 7.80. The van der Waals surface area contributed by atoms with Gasteiger partial charge in [-0.1, -0.05) is 18.9 Å². The highest BCUT2D eigenvalue weighted by Gasteiger charge is 2.26. The molecule has 1 aliphatic carbocycles. The van der Waals surface area contributed by atoms with Crippen molar-refractivity contribution in [1.29, 1.82) is 0 Å². The predicted octanol–water partition coefficient (Wildman–Crippen LogP) is 4.74. The Labute approximate surface area is 148 Å². The van der Waals surface area contributed by atoms with E-state index in [0.29, 0.717) is 12.6 Å². The molecule has 1 aromatic carbocycles. The second-order valence-electron chi connectivity index (χ2n) is 6.28. The number of rotatable bonds is 5. The van der Waals surface area contributed by atoms with Gasteiger partial charge in [0.05, 0.1) is 25.6 Å². The van der Waals surface area contributed by atoms with E-state index in [1.807, 2.05) is 31.2 Å². The van der Waals surface area contributed by atoms with Gasteiger partial charge in [0, 0.05) is 6.04 Å². The van der Waals surface area contributed by atoms with Crippen molar-refractivity contribution >= 4 is 23.0 Å². The summed E-state index contributed by atoms with van der Waals surface area (Å²) in [6.07, 6.45) is 6.58. The molecule has 1 saturated carbocycles. The number of nitrogens with zero attached hydrogens (tertiary/aromatic N) is 1. The van der Waals surface area contributed by atoms with Crippen molar-refractivity contribution in [2.75, 3.05) is 12.4 Å². The van der Waals surface area contributed by atoms with E-state index >= 15 is 0 Å². The highest BCUT2D eigenvalue weighted by atomic mass is 32.1. The molecule has 0 amide bonds. The fraction of sp³-hybridized carbons (Fsp3) is 0.421. The van der Waals surface area contributed by atoms with Gasteiger partial charge in [-0.2, -0.15) is 0 Å². The van der Waals surface area contributed by atoms with E-state index < -0.39 is 0 Å². The number of methoxy groups -OCH3 is 1. The minimum absolute atomic E-state index is 0.464. The first-order valence-electron chi connectivity index (χ1n) is 8.42. The quantitative estimate of drug-likeness (QED) is 0.793. The number of anilines is 1. The Morgan fingerprint density at radius 3 is 2.79 bits per heavy atom. The van der Waals surface area contributed by atoms with Crippen LogP contribution in [-0.2, 0) is 6.54 Å². The lowest BCUT2D eigenvalue weighted by molar-refractivity contribution is 0.286. The van der Waals surface area contributed by atoms with Gasteiger partial charge in [-0.25, -0.2) is 0 Å². The zero-order chi connectivity index (χ0) is 16.9. The van der Waals surface area contributed by atoms with Crippen molar-refractivity contribution in [2.45, 2.75) is 45.2 Å². The van der Waals surface area contributed by atoms with Crippen LogP contribution in [0.3, 0.4) is 0 Å². The van der Waals surface area contributed by atoms with Crippen LogP contribution in [-0.4, -0.2) is 23.2 Å². The largest absolute Gasteiger partial charge is 0.495 e. The van der Waals surface area contributed by atoms with E-state index in [-0.39, 0.29) is 0 Å². The van der Waals surface area contributed by atoms with Crippen LogP contribution >= 0.6 is 12.2 Å². The van der Waals surface area contributed by atoms with E-state index in [9.17, 15) is 0 Å². The van der Waals surface area contributed by atoms with Crippen LogP contribution in [0.25, 0.3) is 0 Å². The van der Waals surface area contributed by atoms with Gasteiger partial charge in [0.1, 0.15) is 11.5 Å². The molecule has 128 valence electrons. The zero-order valence-corrected chi connectivity index (χ0v) is 15.1. The van der Waals surface area contributed by atoms with E-state index in [1.54, 1.807) is 13.4 Å². The van der Waals surface area contributed by atoms with Crippen LogP contribution in [0.15, 0.2) is 41.0 Å². The number of furan rings is 1. The third-order valence-electron chi connectivity index (χ3n) is 4.53. The topological polar surface area (TPSA) is 37.6 Å². The molecule has 1 aromatic heterocycles. The Morgan fingerprint density at radius 1 is 1.33 bits per heavy atom. The molecule has 0 atom stereocenters. The third kappa shape index (κ3) is 3.90. The van der Waals surface area contributed by atoms with Crippen molar-refractivity contribution in [3.05, 3.63) is 47.9 Å². The molecule has 0 aliphatic heterocycles. The Balaban J connectivity index is 1.78. The summed E-state index contributed by atoms with van der Waals surface area (Å²) in [6, 6.07) is 10.5. The van der Waals surface area contributed by atoms with Crippen molar-refractivity contribution in [2.24, 2.45) is 0 Å². The molecule has 0 unspecified atom stereocenters. The zero-order valence-electron chi connectivity index (χ0n) is 14.2. The summed E-state index contributed by atoms with van der Waals surface area (Å²) in [5.74, 6) is 1.74.